The van der Waals surface area contributed by atoms with E-state index in [0.29, 0.717) is 6.54 Å². The van der Waals surface area contributed by atoms with Crippen molar-refractivity contribution in [2.45, 2.75) is 57.1 Å². The van der Waals surface area contributed by atoms with Crippen molar-refractivity contribution in [3.63, 3.8) is 0 Å². The Morgan fingerprint density at radius 1 is 1.24 bits per heavy atom. The number of nitrogens with one attached hydrogen (secondary N) is 1. The molecule has 2 fully saturated rings. The van der Waals surface area contributed by atoms with Crippen LogP contribution in [0.3, 0.4) is 0 Å². The van der Waals surface area contributed by atoms with Crippen LogP contribution in [0.25, 0.3) is 0 Å². The van der Waals surface area contributed by atoms with Crippen LogP contribution in [-0.2, 0) is 19.6 Å². The molecule has 21 heavy (non-hydrogen) atoms. The first-order chi connectivity index (χ1) is 9.97. The Morgan fingerprint density at radius 2 is 1.95 bits per heavy atom. The lowest BCUT2D eigenvalue weighted by atomic mass is 10.2. The maximum Gasteiger partial charge on any atom is 0.221 e. The van der Waals surface area contributed by atoms with Gasteiger partial charge in [-0.2, -0.15) is 4.31 Å². The van der Waals surface area contributed by atoms with Gasteiger partial charge in [-0.1, -0.05) is 12.8 Å². The van der Waals surface area contributed by atoms with E-state index >= 15 is 0 Å². The molecule has 1 unspecified atom stereocenters. The van der Waals surface area contributed by atoms with Crippen molar-refractivity contribution in [1.82, 2.24) is 9.62 Å². The highest BCUT2D eigenvalue weighted by molar-refractivity contribution is 7.88. The minimum absolute atomic E-state index is 0.0750. The first kappa shape index (κ1) is 16.7. The van der Waals surface area contributed by atoms with Crippen molar-refractivity contribution in [3.8, 4) is 0 Å². The summed E-state index contributed by atoms with van der Waals surface area (Å²) in [6.45, 7) is 1.58. The summed E-state index contributed by atoms with van der Waals surface area (Å²) in [5.41, 5.74) is 0. The zero-order chi connectivity index (χ0) is 15.3. The van der Waals surface area contributed by atoms with Crippen molar-refractivity contribution >= 4 is 15.9 Å². The van der Waals surface area contributed by atoms with E-state index in [4.69, 9.17) is 4.74 Å². The molecule has 1 heterocycles. The summed E-state index contributed by atoms with van der Waals surface area (Å²) in [5, 5.41) is 2.84. The summed E-state index contributed by atoms with van der Waals surface area (Å²) in [6.07, 6.45) is 7.56. The minimum Gasteiger partial charge on any atom is -0.376 e. The number of nitrogens with zero attached hydrogens (tertiary/aromatic N) is 1. The van der Waals surface area contributed by atoms with Gasteiger partial charge in [0.1, 0.15) is 0 Å². The zero-order valence-corrected chi connectivity index (χ0v) is 13.5. The highest BCUT2D eigenvalue weighted by Gasteiger charge is 2.29. The van der Waals surface area contributed by atoms with Crippen LogP contribution in [0, 0.1) is 0 Å². The molecular weight excluding hydrogens is 292 g/mol. The lowest BCUT2D eigenvalue weighted by Crippen LogP contribution is -2.41. The van der Waals surface area contributed by atoms with E-state index in [1.807, 2.05) is 0 Å². The number of sulfonamides is 1. The first-order valence-electron chi connectivity index (χ1n) is 7.82. The normalized spacial score (nSPS) is 23.8. The first-order valence-corrected chi connectivity index (χ1v) is 9.67. The van der Waals surface area contributed by atoms with Crippen LogP contribution in [0.5, 0.6) is 0 Å². The van der Waals surface area contributed by atoms with Gasteiger partial charge in [0.25, 0.3) is 0 Å². The van der Waals surface area contributed by atoms with Gasteiger partial charge >= 0.3 is 0 Å². The smallest absolute Gasteiger partial charge is 0.221 e. The minimum atomic E-state index is -3.25. The van der Waals surface area contributed by atoms with Crippen LogP contribution >= 0.6 is 0 Å². The lowest BCUT2D eigenvalue weighted by Gasteiger charge is -2.26. The van der Waals surface area contributed by atoms with Crippen LogP contribution in [0.2, 0.25) is 0 Å². The van der Waals surface area contributed by atoms with E-state index in [1.165, 1.54) is 10.6 Å². The molecule has 0 radical (unpaired) electrons. The Morgan fingerprint density at radius 3 is 2.52 bits per heavy atom. The van der Waals surface area contributed by atoms with Crippen molar-refractivity contribution in [1.29, 1.82) is 0 Å². The van der Waals surface area contributed by atoms with Gasteiger partial charge in [-0.05, 0) is 25.7 Å². The van der Waals surface area contributed by atoms with Gasteiger partial charge in [0, 0.05) is 32.2 Å². The third kappa shape index (κ3) is 5.23. The summed E-state index contributed by atoms with van der Waals surface area (Å²) in [5.74, 6) is -0.0999. The topological polar surface area (TPSA) is 75.7 Å². The third-order valence-corrected chi connectivity index (χ3v) is 5.60. The monoisotopic (exact) mass is 318 g/mol. The van der Waals surface area contributed by atoms with E-state index in [1.54, 1.807) is 0 Å². The molecule has 0 spiro atoms. The molecule has 122 valence electrons. The van der Waals surface area contributed by atoms with Gasteiger partial charge < -0.3 is 10.1 Å². The van der Waals surface area contributed by atoms with Crippen LogP contribution in [-0.4, -0.2) is 56.7 Å². The SMILES string of the molecule is CS(=O)(=O)N(CCC(=O)NCC1CCCO1)C1CCCC1. The van der Waals surface area contributed by atoms with E-state index in [9.17, 15) is 13.2 Å². The third-order valence-electron chi connectivity index (χ3n) is 4.27. The van der Waals surface area contributed by atoms with Gasteiger partial charge in [0.15, 0.2) is 0 Å². The van der Waals surface area contributed by atoms with E-state index in [2.05, 4.69) is 5.32 Å². The number of hydrogen-bond acceptors (Lipinski definition) is 4. The molecule has 1 saturated carbocycles. The van der Waals surface area contributed by atoms with E-state index in [0.717, 1.165) is 45.1 Å². The molecule has 6 nitrogen and oxygen atoms in total. The van der Waals surface area contributed by atoms with Crippen molar-refractivity contribution < 1.29 is 17.9 Å². The Hall–Kier alpha value is -0.660. The fraction of sp³-hybridized carbons (Fsp3) is 0.929. The van der Waals surface area contributed by atoms with E-state index in [-0.39, 0.29) is 31.0 Å². The van der Waals surface area contributed by atoms with Gasteiger partial charge in [-0.3, -0.25) is 4.79 Å². The summed E-state index contributed by atoms with van der Waals surface area (Å²) < 4.78 is 30.7. The molecule has 1 amide bonds. The summed E-state index contributed by atoms with van der Waals surface area (Å²) >= 11 is 0. The zero-order valence-electron chi connectivity index (χ0n) is 12.7. The molecule has 1 N–H and O–H groups in total. The molecular formula is C14H26N2O4S. The maximum atomic E-state index is 11.9. The van der Waals surface area contributed by atoms with E-state index < -0.39 is 10.0 Å². The Kier molecular flexibility index (Phi) is 6.01. The predicted octanol–water partition coefficient (Wildman–Crippen LogP) is 0.876. The Bertz CT molecular complexity index is 440. The fourth-order valence-electron chi connectivity index (χ4n) is 3.14. The molecule has 1 atom stereocenters. The van der Waals surface area contributed by atoms with Gasteiger partial charge in [0.2, 0.25) is 15.9 Å². The number of hydrogen-bond donors (Lipinski definition) is 1. The predicted molar refractivity (Wildman–Crippen MR) is 80.4 cm³/mol. The quantitative estimate of drug-likeness (QED) is 0.756. The second kappa shape index (κ2) is 7.56. The van der Waals surface area contributed by atoms with Crippen molar-refractivity contribution in [3.05, 3.63) is 0 Å². The lowest BCUT2D eigenvalue weighted by molar-refractivity contribution is -0.121. The van der Waals surface area contributed by atoms with Gasteiger partial charge in [-0.15, -0.1) is 0 Å². The maximum absolute atomic E-state index is 11.9. The van der Waals surface area contributed by atoms with Gasteiger partial charge in [-0.25, -0.2) is 8.42 Å². The molecule has 0 aromatic heterocycles. The Balaban J connectivity index is 1.76. The van der Waals surface area contributed by atoms with Gasteiger partial charge in [0.05, 0.1) is 12.4 Å². The molecule has 1 aliphatic carbocycles. The molecule has 0 aromatic rings. The molecule has 1 saturated heterocycles. The van der Waals surface area contributed by atoms with Crippen molar-refractivity contribution in [2.75, 3.05) is 26.0 Å². The molecule has 7 heteroatoms. The Labute approximate surface area is 127 Å². The van der Waals surface area contributed by atoms with Crippen LogP contribution in [0.15, 0.2) is 0 Å². The number of carbonyl (C=O) groups excluding carboxylic acids is 1. The van der Waals surface area contributed by atoms with Crippen LogP contribution < -0.4 is 5.32 Å². The summed E-state index contributed by atoms with van der Waals surface area (Å²) in [7, 11) is -3.25. The molecule has 1 aliphatic heterocycles. The summed E-state index contributed by atoms with van der Waals surface area (Å²) in [4.78, 5) is 11.9. The van der Waals surface area contributed by atoms with Crippen molar-refractivity contribution in [2.24, 2.45) is 0 Å². The molecule has 2 aliphatic rings. The highest BCUT2D eigenvalue weighted by Crippen LogP contribution is 2.25. The number of carbonyl (C=O) groups is 1. The second-order valence-corrected chi connectivity index (χ2v) is 7.94. The number of amides is 1. The average Bonchev–Trinajstić information content (AvgIpc) is 3.08. The van der Waals surface area contributed by atoms with Crippen LogP contribution in [0.1, 0.15) is 44.9 Å². The molecule has 2 rings (SSSR count). The molecule has 0 aromatic carbocycles. The average molecular weight is 318 g/mol. The second-order valence-electron chi connectivity index (χ2n) is 6.00. The highest BCUT2D eigenvalue weighted by atomic mass is 32.2. The molecule has 0 bridgehead atoms. The summed E-state index contributed by atoms with van der Waals surface area (Å²) in [6, 6.07) is 0.0750. The number of rotatable bonds is 7. The largest absolute Gasteiger partial charge is 0.376 e. The van der Waals surface area contributed by atoms with Crippen LogP contribution in [0.4, 0.5) is 0 Å². The number of ether oxygens (including phenoxy) is 1. The standard InChI is InChI=1S/C14H26N2O4S/c1-21(18,19)16(12-5-2-3-6-12)9-8-14(17)15-11-13-7-4-10-20-13/h12-13H,2-11H2,1H3,(H,15,17). The fourth-order valence-corrected chi connectivity index (χ4v) is 4.32.